The Morgan fingerprint density at radius 3 is 2.33 bits per heavy atom. The van der Waals surface area contributed by atoms with Crippen molar-refractivity contribution in [1.29, 1.82) is 0 Å². The van der Waals surface area contributed by atoms with Crippen LogP contribution in [0.5, 0.6) is 11.5 Å². The van der Waals surface area contributed by atoms with Crippen molar-refractivity contribution in [3.63, 3.8) is 0 Å². The lowest BCUT2D eigenvalue weighted by Gasteiger charge is -2.33. The number of methoxy groups -OCH3 is 2. The Morgan fingerprint density at radius 1 is 1.22 bits per heavy atom. The zero-order valence-electron chi connectivity index (χ0n) is 16.6. The minimum absolute atomic E-state index is 0.0583. The molecule has 0 saturated carbocycles. The second-order valence-electron chi connectivity index (χ2n) is 6.86. The Kier molecular flexibility index (Phi) is 6.94. The van der Waals surface area contributed by atoms with Gasteiger partial charge in [0.25, 0.3) is 0 Å². The van der Waals surface area contributed by atoms with Crippen LogP contribution in [0.15, 0.2) is 18.2 Å². The van der Waals surface area contributed by atoms with Crippen molar-refractivity contribution in [2.45, 2.75) is 31.8 Å². The van der Waals surface area contributed by atoms with E-state index in [1.54, 1.807) is 25.1 Å². The molecular formula is C18H29N3O5S. The van der Waals surface area contributed by atoms with Gasteiger partial charge in [0.2, 0.25) is 15.9 Å². The number of likely N-dealkylation sites (tertiary alicyclic amines) is 1. The maximum Gasteiger partial charge on any atom is 0.243 e. The van der Waals surface area contributed by atoms with E-state index in [4.69, 9.17) is 9.47 Å². The van der Waals surface area contributed by atoms with Crippen LogP contribution in [0.1, 0.15) is 19.8 Å². The van der Waals surface area contributed by atoms with Crippen molar-refractivity contribution in [1.82, 2.24) is 10.2 Å². The summed E-state index contributed by atoms with van der Waals surface area (Å²) in [5.41, 5.74) is 0.348. The Morgan fingerprint density at radius 2 is 1.81 bits per heavy atom. The van der Waals surface area contributed by atoms with E-state index >= 15 is 0 Å². The summed E-state index contributed by atoms with van der Waals surface area (Å²) in [7, 11) is 1.33. The van der Waals surface area contributed by atoms with Gasteiger partial charge >= 0.3 is 0 Å². The topological polar surface area (TPSA) is 88.2 Å². The molecule has 1 saturated heterocycles. The number of sulfonamides is 1. The SMILES string of the molecule is COc1ccc(N([C@@H](C)C(=O)NC2CCN(C)CC2)S(C)(=O)=O)cc1OC. The quantitative estimate of drug-likeness (QED) is 0.738. The Balaban J connectivity index is 2.24. The largest absolute Gasteiger partial charge is 0.493 e. The molecule has 2 rings (SSSR count). The number of ether oxygens (including phenoxy) is 2. The molecule has 27 heavy (non-hydrogen) atoms. The van der Waals surface area contributed by atoms with E-state index in [9.17, 15) is 13.2 Å². The summed E-state index contributed by atoms with van der Waals surface area (Å²) < 4.78 is 36.4. The molecule has 1 heterocycles. The van der Waals surface area contributed by atoms with Crippen molar-refractivity contribution < 1.29 is 22.7 Å². The molecule has 0 aromatic heterocycles. The minimum Gasteiger partial charge on any atom is -0.493 e. The predicted molar refractivity (Wildman–Crippen MR) is 105 cm³/mol. The van der Waals surface area contributed by atoms with Crippen LogP contribution in [0, 0.1) is 0 Å². The Bertz CT molecular complexity index is 760. The van der Waals surface area contributed by atoms with Crippen LogP contribution in [0.4, 0.5) is 5.69 Å². The van der Waals surface area contributed by atoms with Gasteiger partial charge in [0.1, 0.15) is 6.04 Å². The fraction of sp³-hybridized carbons (Fsp3) is 0.611. The van der Waals surface area contributed by atoms with E-state index in [-0.39, 0.29) is 11.9 Å². The number of nitrogens with zero attached hydrogens (tertiary/aromatic N) is 2. The first-order valence-corrected chi connectivity index (χ1v) is 10.7. The third kappa shape index (κ3) is 5.26. The molecule has 1 fully saturated rings. The number of piperidine rings is 1. The van der Waals surface area contributed by atoms with E-state index < -0.39 is 16.1 Å². The van der Waals surface area contributed by atoms with Crippen LogP contribution in [-0.4, -0.2) is 71.9 Å². The smallest absolute Gasteiger partial charge is 0.243 e. The predicted octanol–water partition coefficient (Wildman–Crippen LogP) is 1.07. The highest BCUT2D eigenvalue weighted by atomic mass is 32.2. The Labute approximate surface area is 161 Å². The van der Waals surface area contributed by atoms with Gasteiger partial charge in [-0.2, -0.15) is 0 Å². The molecule has 1 amide bonds. The van der Waals surface area contributed by atoms with Gasteiger partial charge in [0.05, 0.1) is 26.2 Å². The zero-order valence-corrected chi connectivity index (χ0v) is 17.4. The van der Waals surface area contributed by atoms with Gasteiger partial charge in [-0.15, -0.1) is 0 Å². The molecule has 0 bridgehead atoms. The van der Waals surface area contributed by atoms with Crippen molar-refractivity contribution in [3.8, 4) is 11.5 Å². The van der Waals surface area contributed by atoms with Crippen LogP contribution >= 0.6 is 0 Å². The lowest BCUT2D eigenvalue weighted by atomic mass is 10.1. The van der Waals surface area contributed by atoms with E-state index in [0.717, 1.165) is 36.5 Å². The summed E-state index contributed by atoms with van der Waals surface area (Å²) >= 11 is 0. The van der Waals surface area contributed by atoms with E-state index in [2.05, 4.69) is 10.2 Å². The van der Waals surface area contributed by atoms with Crippen LogP contribution < -0.4 is 19.1 Å². The van der Waals surface area contributed by atoms with Gasteiger partial charge in [0, 0.05) is 12.1 Å². The number of hydrogen-bond acceptors (Lipinski definition) is 6. The van der Waals surface area contributed by atoms with Crippen LogP contribution in [-0.2, 0) is 14.8 Å². The first kappa shape index (κ1) is 21.3. The molecule has 0 radical (unpaired) electrons. The minimum atomic E-state index is -3.69. The number of nitrogens with one attached hydrogen (secondary N) is 1. The molecule has 0 aliphatic carbocycles. The van der Waals surface area contributed by atoms with E-state index in [0.29, 0.717) is 17.2 Å². The normalized spacial score (nSPS) is 17.2. The highest BCUT2D eigenvalue weighted by Gasteiger charge is 2.31. The fourth-order valence-electron chi connectivity index (χ4n) is 3.25. The molecule has 1 aliphatic rings. The van der Waals surface area contributed by atoms with Crippen LogP contribution in [0.25, 0.3) is 0 Å². The molecule has 1 atom stereocenters. The molecule has 1 aliphatic heterocycles. The van der Waals surface area contributed by atoms with Crippen LogP contribution in [0.2, 0.25) is 0 Å². The van der Waals surface area contributed by atoms with Gasteiger partial charge in [-0.05, 0) is 52.0 Å². The van der Waals surface area contributed by atoms with E-state index in [1.807, 2.05) is 7.05 Å². The third-order valence-corrected chi connectivity index (χ3v) is 6.02. The molecule has 9 heteroatoms. The molecule has 1 aromatic rings. The van der Waals surface area contributed by atoms with Crippen LogP contribution in [0.3, 0.4) is 0 Å². The molecular weight excluding hydrogens is 370 g/mol. The fourth-order valence-corrected chi connectivity index (χ4v) is 4.41. The lowest BCUT2D eigenvalue weighted by Crippen LogP contribution is -2.52. The number of carbonyl (C=O) groups is 1. The first-order chi connectivity index (χ1) is 12.7. The number of carbonyl (C=O) groups excluding carboxylic acids is 1. The lowest BCUT2D eigenvalue weighted by molar-refractivity contribution is -0.122. The van der Waals surface area contributed by atoms with Gasteiger partial charge in [-0.25, -0.2) is 8.42 Å². The molecule has 8 nitrogen and oxygen atoms in total. The van der Waals surface area contributed by atoms with Crippen molar-refractivity contribution in [2.24, 2.45) is 0 Å². The van der Waals surface area contributed by atoms with Crippen molar-refractivity contribution in [2.75, 3.05) is 44.9 Å². The molecule has 0 spiro atoms. The summed E-state index contributed by atoms with van der Waals surface area (Å²) in [4.78, 5) is 15.0. The van der Waals surface area contributed by atoms with Gasteiger partial charge in [-0.3, -0.25) is 9.10 Å². The summed E-state index contributed by atoms with van der Waals surface area (Å²) in [6, 6.07) is 3.94. The highest BCUT2D eigenvalue weighted by molar-refractivity contribution is 7.92. The summed E-state index contributed by atoms with van der Waals surface area (Å²) in [5.74, 6) is 0.564. The van der Waals surface area contributed by atoms with E-state index in [1.165, 1.54) is 14.2 Å². The second-order valence-corrected chi connectivity index (χ2v) is 8.72. The summed E-state index contributed by atoms with van der Waals surface area (Å²) in [5, 5.41) is 2.99. The molecule has 0 unspecified atom stereocenters. The number of rotatable bonds is 7. The maximum absolute atomic E-state index is 12.7. The standard InChI is InChI=1S/C18H29N3O5S/c1-13(18(22)19-14-8-10-20(2)11-9-14)21(27(5,23)24)15-6-7-16(25-3)17(12-15)26-4/h6-7,12-14H,8-11H2,1-5H3,(H,19,22)/t13-/m0/s1. The number of benzene rings is 1. The van der Waals surface area contributed by atoms with Gasteiger partial charge in [-0.1, -0.05) is 0 Å². The highest BCUT2D eigenvalue weighted by Crippen LogP contribution is 2.33. The summed E-state index contributed by atoms with van der Waals surface area (Å²) in [6.07, 6.45) is 2.79. The second kappa shape index (κ2) is 8.79. The van der Waals surface area contributed by atoms with Crippen molar-refractivity contribution in [3.05, 3.63) is 18.2 Å². The molecule has 152 valence electrons. The average molecular weight is 400 g/mol. The monoisotopic (exact) mass is 399 g/mol. The van der Waals surface area contributed by atoms with Crippen molar-refractivity contribution >= 4 is 21.6 Å². The maximum atomic E-state index is 12.7. The summed E-state index contributed by atoms with van der Waals surface area (Å²) in [6.45, 7) is 3.40. The molecule has 1 aromatic carbocycles. The van der Waals surface area contributed by atoms with Gasteiger partial charge in [0.15, 0.2) is 11.5 Å². The number of anilines is 1. The third-order valence-electron chi connectivity index (χ3n) is 4.78. The Hall–Kier alpha value is -2.00. The van der Waals surface area contributed by atoms with Gasteiger partial charge < -0.3 is 19.7 Å². The number of amides is 1. The first-order valence-electron chi connectivity index (χ1n) is 8.87. The number of hydrogen-bond donors (Lipinski definition) is 1. The average Bonchev–Trinajstić information content (AvgIpc) is 2.62. The zero-order chi connectivity index (χ0) is 20.2. The molecule has 1 N–H and O–H groups in total.